The number of para-hydroxylation sites is 1. The number of aromatic amines is 1. The Bertz CT molecular complexity index is 1850. The molecule has 0 saturated heterocycles. The second-order valence-electron chi connectivity index (χ2n) is 10.0. The summed E-state index contributed by atoms with van der Waals surface area (Å²) in [7, 11) is 0. The third-order valence-electron chi connectivity index (χ3n) is 7.38. The first kappa shape index (κ1) is 26.1. The normalized spacial score (nSPS) is 11.3. The average molecular weight is 547 g/mol. The maximum Gasteiger partial charge on any atom is 0.512 e. The SMILES string of the molecule is Cc1nn(Cc2cccnc2)c(C)c1-c1cccc2c(CCCOc3cccc4ccccc34)c(OC(=O)O)[nH]c12. The van der Waals surface area contributed by atoms with E-state index in [-0.39, 0.29) is 5.88 Å². The van der Waals surface area contributed by atoms with E-state index in [9.17, 15) is 9.90 Å². The number of nitrogens with one attached hydrogen (secondary N) is 1. The Morgan fingerprint density at radius 2 is 1.78 bits per heavy atom. The minimum Gasteiger partial charge on any atom is -0.493 e. The fraction of sp³-hybridized carbons (Fsp3) is 0.182. The van der Waals surface area contributed by atoms with Crippen LogP contribution in [-0.2, 0) is 13.0 Å². The van der Waals surface area contributed by atoms with Gasteiger partial charge >= 0.3 is 6.16 Å². The number of benzene rings is 3. The van der Waals surface area contributed by atoms with E-state index in [1.807, 2.05) is 85.4 Å². The maximum atomic E-state index is 11.6. The number of aryl methyl sites for hydroxylation is 2. The molecule has 0 fully saturated rings. The van der Waals surface area contributed by atoms with Gasteiger partial charge in [-0.05, 0) is 49.8 Å². The summed E-state index contributed by atoms with van der Waals surface area (Å²) < 4.78 is 13.4. The van der Waals surface area contributed by atoms with Gasteiger partial charge in [-0.1, -0.05) is 60.7 Å². The van der Waals surface area contributed by atoms with E-state index in [1.165, 1.54) is 0 Å². The highest BCUT2D eigenvalue weighted by molar-refractivity contribution is 5.99. The predicted molar refractivity (Wildman–Crippen MR) is 159 cm³/mol. The molecule has 206 valence electrons. The molecule has 0 aliphatic rings. The number of rotatable bonds is 9. The maximum absolute atomic E-state index is 11.6. The van der Waals surface area contributed by atoms with Gasteiger partial charge in [-0.2, -0.15) is 5.10 Å². The van der Waals surface area contributed by atoms with Gasteiger partial charge in [0.05, 0.1) is 24.4 Å². The highest BCUT2D eigenvalue weighted by Gasteiger charge is 2.21. The highest BCUT2D eigenvalue weighted by Crippen LogP contribution is 2.38. The second-order valence-corrected chi connectivity index (χ2v) is 10.0. The van der Waals surface area contributed by atoms with Crippen molar-refractivity contribution in [3.63, 3.8) is 0 Å². The van der Waals surface area contributed by atoms with E-state index >= 15 is 0 Å². The van der Waals surface area contributed by atoms with E-state index in [4.69, 9.17) is 14.6 Å². The number of aromatic nitrogens is 4. The van der Waals surface area contributed by atoms with Crippen molar-refractivity contribution in [1.82, 2.24) is 19.7 Å². The minimum absolute atomic E-state index is 0.239. The molecule has 6 rings (SSSR count). The van der Waals surface area contributed by atoms with Crippen LogP contribution in [0.15, 0.2) is 85.2 Å². The van der Waals surface area contributed by atoms with Gasteiger partial charge in [0.15, 0.2) is 0 Å². The van der Waals surface area contributed by atoms with Crippen LogP contribution in [-0.4, -0.2) is 37.6 Å². The number of hydrogen-bond donors (Lipinski definition) is 2. The van der Waals surface area contributed by atoms with Crippen LogP contribution in [0.1, 0.15) is 28.9 Å². The van der Waals surface area contributed by atoms with Crippen molar-refractivity contribution in [3.8, 4) is 22.8 Å². The molecule has 0 bridgehead atoms. The van der Waals surface area contributed by atoms with Crippen molar-refractivity contribution in [3.05, 3.63) is 108 Å². The van der Waals surface area contributed by atoms with Crippen LogP contribution < -0.4 is 9.47 Å². The lowest BCUT2D eigenvalue weighted by atomic mass is 9.99. The smallest absolute Gasteiger partial charge is 0.493 e. The topological polar surface area (TPSA) is 102 Å². The summed E-state index contributed by atoms with van der Waals surface area (Å²) in [5.41, 5.74) is 6.55. The lowest BCUT2D eigenvalue weighted by Gasteiger charge is -2.10. The van der Waals surface area contributed by atoms with Crippen LogP contribution in [0.5, 0.6) is 11.6 Å². The van der Waals surface area contributed by atoms with Crippen LogP contribution in [0.25, 0.3) is 32.8 Å². The Labute approximate surface area is 237 Å². The highest BCUT2D eigenvalue weighted by atomic mass is 16.7. The van der Waals surface area contributed by atoms with Gasteiger partial charge in [0.25, 0.3) is 0 Å². The zero-order chi connectivity index (χ0) is 28.3. The van der Waals surface area contributed by atoms with Gasteiger partial charge in [-0.3, -0.25) is 9.67 Å². The molecule has 0 atom stereocenters. The average Bonchev–Trinajstić information content (AvgIpc) is 3.46. The van der Waals surface area contributed by atoms with Gasteiger partial charge in [0, 0.05) is 45.6 Å². The number of ether oxygens (including phenoxy) is 2. The monoisotopic (exact) mass is 546 g/mol. The lowest BCUT2D eigenvalue weighted by Crippen LogP contribution is -2.06. The summed E-state index contributed by atoms with van der Waals surface area (Å²) in [6.45, 7) is 5.13. The van der Waals surface area contributed by atoms with E-state index in [1.54, 1.807) is 6.20 Å². The van der Waals surface area contributed by atoms with Gasteiger partial charge in [0.1, 0.15) is 5.75 Å². The molecule has 3 aromatic carbocycles. The number of H-pyrrole nitrogens is 1. The van der Waals surface area contributed by atoms with Crippen molar-refractivity contribution in [2.24, 2.45) is 0 Å². The molecule has 0 unspecified atom stereocenters. The standard InChI is InChI=1S/C33H30N4O4/c1-21-30(22(2)37(36-21)20-23-9-7-17-34-19-23)28-14-6-13-26-27(32(35-31(26)28)41-33(38)39)15-8-18-40-29-16-5-11-24-10-3-4-12-25(24)29/h3-7,9-14,16-17,19,35H,8,15,18,20H2,1-2H3,(H,38,39). The molecule has 0 amide bonds. The van der Waals surface area contributed by atoms with E-state index in [2.05, 4.69) is 22.1 Å². The molecular formula is C33H30N4O4. The summed E-state index contributed by atoms with van der Waals surface area (Å²) in [5.74, 6) is 1.07. The fourth-order valence-corrected chi connectivity index (χ4v) is 5.54. The number of hydrogen-bond acceptors (Lipinski definition) is 5. The van der Waals surface area contributed by atoms with Crippen molar-refractivity contribution in [2.45, 2.75) is 33.2 Å². The molecular weight excluding hydrogens is 516 g/mol. The molecule has 3 heterocycles. The Morgan fingerprint density at radius 1 is 0.976 bits per heavy atom. The van der Waals surface area contributed by atoms with E-state index in [0.29, 0.717) is 26.0 Å². The number of pyridine rings is 1. The molecule has 0 spiro atoms. The Morgan fingerprint density at radius 3 is 2.61 bits per heavy atom. The summed E-state index contributed by atoms with van der Waals surface area (Å²) in [6.07, 6.45) is 3.50. The van der Waals surface area contributed by atoms with Gasteiger partial charge in [0.2, 0.25) is 5.88 Å². The Balaban J connectivity index is 1.29. The van der Waals surface area contributed by atoms with Crippen LogP contribution in [0.4, 0.5) is 4.79 Å². The van der Waals surface area contributed by atoms with Crippen LogP contribution >= 0.6 is 0 Å². The lowest BCUT2D eigenvalue weighted by molar-refractivity contribution is 0.142. The number of carboxylic acid groups (broad SMARTS) is 1. The van der Waals surface area contributed by atoms with Crippen LogP contribution in [0.2, 0.25) is 0 Å². The van der Waals surface area contributed by atoms with Crippen molar-refractivity contribution in [1.29, 1.82) is 0 Å². The zero-order valence-electron chi connectivity index (χ0n) is 22.9. The van der Waals surface area contributed by atoms with Crippen molar-refractivity contribution >= 4 is 27.8 Å². The van der Waals surface area contributed by atoms with Crippen LogP contribution in [0.3, 0.4) is 0 Å². The molecule has 3 aromatic heterocycles. The zero-order valence-corrected chi connectivity index (χ0v) is 22.9. The molecule has 8 heteroatoms. The molecule has 41 heavy (non-hydrogen) atoms. The largest absolute Gasteiger partial charge is 0.512 e. The first-order valence-electron chi connectivity index (χ1n) is 13.6. The number of fused-ring (bicyclic) bond motifs is 2. The Hall–Kier alpha value is -5.11. The molecule has 0 aliphatic carbocycles. The van der Waals surface area contributed by atoms with E-state index < -0.39 is 6.16 Å². The number of nitrogens with zero attached hydrogens (tertiary/aromatic N) is 3. The van der Waals surface area contributed by atoms with Gasteiger partial charge < -0.3 is 19.6 Å². The summed E-state index contributed by atoms with van der Waals surface area (Å²) in [6, 6.07) is 24.1. The third kappa shape index (κ3) is 5.24. The molecule has 8 nitrogen and oxygen atoms in total. The van der Waals surface area contributed by atoms with Crippen molar-refractivity contribution < 1.29 is 19.4 Å². The summed E-state index contributed by atoms with van der Waals surface area (Å²) in [5, 5.41) is 17.4. The fourth-order valence-electron chi connectivity index (χ4n) is 5.54. The second kappa shape index (κ2) is 11.2. The third-order valence-corrected chi connectivity index (χ3v) is 7.38. The summed E-state index contributed by atoms with van der Waals surface area (Å²) in [4.78, 5) is 19.1. The number of carbonyl (C=O) groups is 1. The molecule has 6 aromatic rings. The predicted octanol–water partition coefficient (Wildman–Crippen LogP) is 7.31. The molecule has 0 saturated carbocycles. The van der Waals surface area contributed by atoms with Gasteiger partial charge in [-0.25, -0.2) is 4.79 Å². The molecule has 2 N–H and O–H groups in total. The van der Waals surface area contributed by atoms with Crippen molar-refractivity contribution in [2.75, 3.05) is 6.61 Å². The quantitative estimate of drug-likeness (QED) is 0.146. The Kier molecular flexibility index (Phi) is 7.12. The minimum atomic E-state index is -1.36. The van der Waals surface area contributed by atoms with Gasteiger partial charge in [-0.15, -0.1) is 0 Å². The first-order chi connectivity index (χ1) is 20.0. The molecule has 0 aliphatic heterocycles. The first-order valence-corrected chi connectivity index (χ1v) is 13.6. The van der Waals surface area contributed by atoms with E-state index in [0.717, 1.165) is 61.1 Å². The summed E-state index contributed by atoms with van der Waals surface area (Å²) >= 11 is 0. The molecule has 0 radical (unpaired) electrons. The van der Waals surface area contributed by atoms with Crippen LogP contribution in [0, 0.1) is 13.8 Å².